The summed E-state index contributed by atoms with van der Waals surface area (Å²) in [6.07, 6.45) is 5.63. The molecule has 0 radical (unpaired) electrons. The maximum Gasteiger partial charge on any atom is 0.138 e. The molecule has 0 unspecified atom stereocenters. The summed E-state index contributed by atoms with van der Waals surface area (Å²) in [4.78, 5) is 11.3. The van der Waals surface area contributed by atoms with Crippen molar-refractivity contribution in [2.24, 2.45) is 0 Å². The quantitative estimate of drug-likeness (QED) is 0.733. The van der Waals surface area contributed by atoms with Crippen LogP contribution >= 0.6 is 0 Å². The highest BCUT2D eigenvalue weighted by Crippen LogP contribution is 2.28. The Balaban J connectivity index is 1.52. The smallest absolute Gasteiger partial charge is 0.138 e. The van der Waals surface area contributed by atoms with Crippen LogP contribution in [0.2, 0.25) is 0 Å². The maximum atomic E-state index is 13.1. The molecule has 0 bridgehead atoms. The van der Waals surface area contributed by atoms with E-state index in [1.165, 1.54) is 12.1 Å². The first kappa shape index (κ1) is 15.7. The van der Waals surface area contributed by atoms with E-state index in [0.717, 1.165) is 43.1 Å². The number of benzene rings is 1. The monoisotopic (exact) mass is 337 g/mol. The van der Waals surface area contributed by atoms with Gasteiger partial charge in [-0.1, -0.05) is 18.2 Å². The molecule has 6 heteroatoms. The van der Waals surface area contributed by atoms with Gasteiger partial charge in [0.25, 0.3) is 0 Å². The van der Waals surface area contributed by atoms with Crippen molar-refractivity contribution in [1.29, 1.82) is 0 Å². The van der Waals surface area contributed by atoms with E-state index in [1.54, 1.807) is 18.5 Å². The molecule has 1 fully saturated rings. The first-order valence-electron chi connectivity index (χ1n) is 8.58. The molecule has 2 aromatic heterocycles. The number of hydrogen-bond acceptors (Lipinski definition) is 4. The molecule has 128 valence electrons. The van der Waals surface area contributed by atoms with Gasteiger partial charge in [0.05, 0.1) is 6.54 Å². The lowest BCUT2D eigenvalue weighted by Crippen LogP contribution is -2.36. The number of nitrogens with zero attached hydrogens (tertiary/aromatic N) is 5. The molecular formula is C19H20FN5. The summed E-state index contributed by atoms with van der Waals surface area (Å²) in [7, 11) is 0. The summed E-state index contributed by atoms with van der Waals surface area (Å²) >= 11 is 0. The molecule has 0 saturated carbocycles. The zero-order chi connectivity index (χ0) is 17.1. The molecule has 0 amide bonds. The third kappa shape index (κ3) is 3.52. The Morgan fingerprint density at radius 2 is 1.96 bits per heavy atom. The second kappa shape index (κ2) is 7.01. The van der Waals surface area contributed by atoms with Crippen LogP contribution in [-0.4, -0.2) is 32.8 Å². The van der Waals surface area contributed by atoms with Gasteiger partial charge >= 0.3 is 0 Å². The van der Waals surface area contributed by atoms with Crippen molar-refractivity contribution < 1.29 is 4.39 Å². The highest BCUT2D eigenvalue weighted by atomic mass is 19.1. The molecule has 1 aliphatic rings. The Labute approximate surface area is 146 Å². The first-order chi connectivity index (χ1) is 12.3. The van der Waals surface area contributed by atoms with Gasteiger partial charge in [-0.2, -0.15) is 5.10 Å². The highest BCUT2D eigenvalue weighted by Gasteiger charge is 2.26. The molecule has 1 atom stereocenters. The minimum absolute atomic E-state index is 0.221. The number of piperidine rings is 1. The summed E-state index contributed by atoms with van der Waals surface area (Å²) in [5.74, 6) is 2.10. The van der Waals surface area contributed by atoms with Crippen LogP contribution < -0.4 is 4.90 Å². The normalized spacial score (nSPS) is 17.6. The third-order valence-corrected chi connectivity index (χ3v) is 4.65. The van der Waals surface area contributed by atoms with E-state index >= 15 is 0 Å². The number of aromatic nitrogens is 4. The first-order valence-corrected chi connectivity index (χ1v) is 8.58. The Bertz CT molecular complexity index is 815. The maximum absolute atomic E-state index is 13.1. The molecule has 1 aromatic carbocycles. The average Bonchev–Trinajstić information content (AvgIpc) is 3.13. The van der Waals surface area contributed by atoms with Gasteiger partial charge in [-0.15, -0.1) is 0 Å². The van der Waals surface area contributed by atoms with E-state index in [9.17, 15) is 4.39 Å². The Hall–Kier alpha value is -2.76. The predicted molar refractivity (Wildman–Crippen MR) is 93.9 cm³/mol. The van der Waals surface area contributed by atoms with Gasteiger partial charge in [0, 0.05) is 25.2 Å². The molecule has 25 heavy (non-hydrogen) atoms. The van der Waals surface area contributed by atoms with E-state index in [1.807, 2.05) is 29.1 Å². The molecule has 3 aromatic rings. The third-order valence-electron chi connectivity index (χ3n) is 4.65. The van der Waals surface area contributed by atoms with Crippen LogP contribution in [0.5, 0.6) is 0 Å². The summed E-state index contributed by atoms with van der Waals surface area (Å²) in [6.45, 7) is 2.51. The molecule has 4 rings (SSSR count). The van der Waals surface area contributed by atoms with E-state index in [-0.39, 0.29) is 5.82 Å². The van der Waals surface area contributed by atoms with Crippen molar-refractivity contribution in [3.05, 3.63) is 72.2 Å². The van der Waals surface area contributed by atoms with Crippen molar-refractivity contribution in [2.45, 2.75) is 25.3 Å². The van der Waals surface area contributed by atoms with E-state index in [2.05, 4.69) is 20.0 Å². The number of anilines is 1. The SMILES string of the molecule is Fc1ccc(Cn2ncnc2[C@H]2CCCN(c3ccccn3)C2)cc1. The van der Waals surface area contributed by atoms with Gasteiger partial charge in [0.15, 0.2) is 0 Å². The van der Waals surface area contributed by atoms with E-state index in [0.29, 0.717) is 12.5 Å². The van der Waals surface area contributed by atoms with Gasteiger partial charge in [-0.25, -0.2) is 19.0 Å². The fraction of sp³-hybridized carbons (Fsp3) is 0.316. The number of pyridine rings is 1. The number of halogens is 1. The Morgan fingerprint density at radius 1 is 1.08 bits per heavy atom. The second-order valence-corrected chi connectivity index (χ2v) is 6.38. The average molecular weight is 337 g/mol. The molecule has 1 saturated heterocycles. The van der Waals surface area contributed by atoms with Crippen molar-refractivity contribution in [3.63, 3.8) is 0 Å². The summed E-state index contributed by atoms with van der Waals surface area (Å²) < 4.78 is 15.0. The topological polar surface area (TPSA) is 46.8 Å². The molecule has 0 N–H and O–H groups in total. The summed E-state index contributed by atoms with van der Waals surface area (Å²) in [6, 6.07) is 12.5. The predicted octanol–water partition coefficient (Wildman–Crippen LogP) is 3.24. The largest absolute Gasteiger partial charge is 0.356 e. The Morgan fingerprint density at radius 3 is 2.76 bits per heavy atom. The van der Waals surface area contributed by atoms with Crippen molar-refractivity contribution >= 4 is 5.82 Å². The molecule has 3 heterocycles. The van der Waals surface area contributed by atoms with Crippen LogP contribution in [0.25, 0.3) is 0 Å². The lowest BCUT2D eigenvalue weighted by molar-refractivity contribution is 0.464. The number of hydrogen-bond donors (Lipinski definition) is 0. The van der Waals surface area contributed by atoms with Crippen LogP contribution in [0.1, 0.15) is 30.1 Å². The zero-order valence-corrected chi connectivity index (χ0v) is 13.9. The fourth-order valence-corrected chi connectivity index (χ4v) is 3.41. The minimum Gasteiger partial charge on any atom is -0.356 e. The van der Waals surface area contributed by atoms with Crippen molar-refractivity contribution in [1.82, 2.24) is 19.7 Å². The van der Waals surface area contributed by atoms with Crippen LogP contribution in [0, 0.1) is 5.82 Å². The summed E-state index contributed by atoms with van der Waals surface area (Å²) in [5.41, 5.74) is 1.02. The summed E-state index contributed by atoms with van der Waals surface area (Å²) in [5, 5.41) is 4.38. The minimum atomic E-state index is -0.221. The van der Waals surface area contributed by atoms with Gasteiger partial charge in [0.2, 0.25) is 0 Å². The van der Waals surface area contributed by atoms with Gasteiger partial charge in [-0.3, -0.25) is 0 Å². The molecular weight excluding hydrogens is 317 g/mol. The van der Waals surface area contributed by atoms with Gasteiger partial charge in [-0.05, 0) is 42.7 Å². The standard InChI is InChI=1S/C19H20FN5/c20-17-8-6-15(7-9-17)12-25-19(22-14-23-25)16-4-3-11-24(13-16)18-5-1-2-10-21-18/h1-2,5-10,14,16H,3-4,11-13H2/t16-/m0/s1. The van der Waals surface area contributed by atoms with E-state index < -0.39 is 0 Å². The van der Waals surface area contributed by atoms with Crippen molar-refractivity contribution in [3.8, 4) is 0 Å². The van der Waals surface area contributed by atoms with Crippen molar-refractivity contribution in [2.75, 3.05) is 18.0 Å². The van der Waals surface area contributed by atoms with Crippen LogP contribution in [0.15, 0.2) is 55.0 Å². The molecule has 5 nitrogen and oxygen atoms in total. The molecule has 0 spiro atoms. The lowest BCUT2D eigenvalue weighted by atomic mass is 9.97. The Kier molecular flexibility index (Phi) is 4.41. The van der Waals surface area contributed by atoms with Crippen LogP contribution in [0.4, 0.5) is 10.2 Å². The van der Waals surface area contributed by atoms with Crippen LogP contribution in [-0.2, 0) is 6.54 Å². The van der Waals surface area contributed by atoms with Gasteiger partial charge in [0.1, 0.15) is 23.8 Å². The lowest BCUT2D eigenvalue weighted by Gasteiger charge is -2.33. The second-order valence-electron chi connectivity index (χ2n) is 6.38. The van der Waals surface area contributed by atoms with Crippen LogP contribution in [0.3, 0.4) is 0 Å². The number of rotatable bonds is 4. The highest BCUT2D eigenvalue weighted by molar-refractivity contribution is 5.39. The van der Waals surface area contributed by atoms with E-state index in [4.69, 9.17) is 0 Å². The fourth-order valence-electron chi connectivity index (χ4n) is 3.41. The molecule has 0 aliphatic carbocycles. The zero-order valence-electron chi connectivity index (χ0n) is 13.9. The molecule has 1 aliphatic heterocycles. The van der Waals surface area contributed by atoms with Gasteiger partial charge < -0.3 is 4.90 Å².